The molecule has 2 heteroatoms. The molecule has 0 bridgehead atoms. The summed E-state index contributed by atoms with van der Waals surface area (Å²) >= 11 is 0. The van der Waals surface area contributed by atoms with E-state index in [1.54, 1.807) is 0 Å². The topological polar surface area (TPSA) is 26.3 Å². The van der Waals surface area contributed by atoms with E-state index < -0.39 is 0 Å². The number of hydrogen-bond acceptors (Lipinski definition) is 2. The minimum absolute atomic E-state index is 0.180. The lowest BCUT2D eigenvalue weighted by molar-refractivity contribution is -0.142. The number of benzene rings is 1. The van der Waals surface area contributed by atoms with Gasteiger partial charge in [-0.2, -0.15) is 0 Å². The summed E-state index contributed by atoms with van der Waals surface area (Å²) in [6, 6.07) is 6.09. The number of carbonyl (C=O) groups is 1. The van der Waals surface area contributed by atoms with E-state index in [-0.39, 0.29) is 11.9 Å². The lowest BCUT2D eigenvalue weighted by Gasteiger charge is -2.12. The molecule has 0 aromatic heterocycles. The second-order valence-electron chi connectivity index (χ2n) is 3.60. The molecule has 14 heavy (non-hydrogen) atoms. The Morgan fingerprint density at radius 3 is 2.50 bits per heavy atom. The molecule has 1 aromatic rings. The first-order valence-corrected chi connectivity index (χ1v) is 4.71. The van der Waals surface area contributed by atoms with Crippen molar-refractivity contribution in [3.05, 3.63) is 34.9 Å². The molecule has 0 N–H and O–H groups in total. The molecule has 0 aliphatic heterocycles. The van der Waals surface area contributed by atoms with Crippen molar-refractivity contribution in [2.24, 2.45) is 0 Å². The Labute approximate surface area is 84.9 Å². The quantitative estimate of drug-likeness (QED) is 0.673. The summed E-state index contributed by atoms with van der Waals surface area (Å²) < 4.78 is 4.71. The predicted molar refractivity (Wildman–Crippen MR) is 56.3 cm³/mol. The summed E-state index contributed by atoms with van der Waals surface area (Å²) in [7, 11) is 1.42. The van der Waals surface area contributed by atoms with Gasteiger partial charge in [-0.1, -0.05) is 23.8 Å². The third kappa shape index (κ3) is 2.13. The molecule has 0 aliphatic rings. The zero-order valence-electron chi connectivity index (χ0n) is 9.13. The minimum atomic E-state index is -0.183. The molecular weight excluding hydrogens is 176 g/mol. The second kappa shape index (κ2) is 4.27. The first-order chi connectivity index (χ1) is 6.56. The highest BCUT2D eigenvalue weighted by molar-refractivity contribution is 5.78. The van der Waals surface area contributed by atoms with Crippen molar-refractivity contribution in [1.29, 1.82) is 0 Å². The van der Waals surface area contributed by atoms with E-state index in [1.165, 1.54) is 12.7 Å². The van der Waals surface area contributed by atoms with E-state index >= 15 is 0 Å². The van der Waals surface area contributed by atoms with Crippen LogP contribution in [0, 0.1) is 13.8 Å². The number of esters is 1. The van der Waals surface area contributed by atoms with Gasteiger partial charge in [0.2, 0.25) is 0 Å². The van der Waals surface area contributed by atoms with Crippen molar-refractivity contribution in [1.82, 2.24) is 0 Å². The van der Waals surface area contributed by atoms with Crippen LogP contribution in [0.3, 0.4) is 0 Å². The Morgan fingerprint density at radius 1 is 1.36 bits per heavy atom. The Hall–Kier alpha value is -1.31. The first kappa shape index (κ1) is 10.8. The maximum absolute atomic E-state index is 11.3. The number of hydrogen-bond donors (Lipinski definition) is 0. The predicted octanol–water partition coefficient (Wildman–Crippen LogP) is 2.58. The van der Waals surface area contributed by atoms with E-state index in [2.05, 4.69) is 6.07 Å². The molecule has 0 aliphatic carbocycles. The Bertz CT molecular complexity index is 342. The highest BCUT2D eigenvalue weighted by atomic mass is 16.5. The van der Waals surface area contributed by atoms with E-state index in [4.69, 9.17) is 4.74 Å². The highest BCUT2D eigenvalue weighted by Gasteiger charge is 2.16. The zero-order chi connectivity index (χ0) is 10.7. The summed E-state index contributed by atoms with van der Waals surface area (Å²) in [5.41, 5.74) is 3.40. The Morgan fingerprint density at radius 2 is 2.00 bits per heavy atom. The fraction of sp³-hybridized carbons (Fsp3) is 0.417. The molecule has 1 atom stereocenters. The summed E-state index contributed by atoms with van der Waals surface area (Å²) in [6.07, 6.45) is 0. The maximum atomic E-state index is 11.3. The van der Waals surface area contributed by atoms with Crippen LogP contribution in [-0.2, 0) is 9.53 Å². The van der Waals surface area contributed by atoms with Crippen LogP contribution in [0.1, 0.15) is 29.5 Å². The van der Waals surface area contributed by atoms with Gasteiger partial charge in [0.15, 0.2) is 0 Å². The zero-order valence-corrected chi connectivity index (χ0v) is 9.13. The van der Waals surface area contributed by atoms with Crippen molar-refractivity contribution < 1.29 is 9.53 Å². The average Bonchev–Trinajstić information content (AvgIpc) is 2.15. The molecule has 76 valence electrons. The van der Waals surface area contributed by atoms with Crippen molar-refractivity contribution in [2.45, 2.75) is 26.7 Å². The van der Waals surface area contributed by atoms with Crippen molar-refractivity contribution in [2.75, 3.05) is 7.11 Å². The van der Waals surface area contributed by atoms with E-state index in [0.717, 1.165) is 11.1 Å². The van der Waals surface area contributed by atoms with Crippen LogP contribution >= 0.6 is 0 Å². The van der Waals surface area contributed by atoms with Crippen LogP contribution in [0.5, 0.6) is 0 Å². The van der Waals surface area contributed by atoms with Gasteiger partial charge in [0.1, 0.15) is 0 Å². The third-order valence-electron chi connectivity index (χ3n) is 2.45. The van der Waals surface area contributed by atoms with Crippen LogP contribution in [0.25, 0.3) is 0 Å². The minimum Gasteiger partial charge on any atom is -0.469 e. The Kier molecular flexibility index (Phi) is 3.28. The molecule has 0 saturated carbocycles. The van der Waals surface area contributed by atoms with Gasteiger partial charge in [-0.3, -0.25) is 4.79 Å². The summed E-state index contributed by atoms with van der Waals surface area (Å²) in [5.74, 6) is -0.363. The number of ether oxygens (including phenoxy) is 1. The van der Waals surface area contributed by atoms with Gasteiger partial charge in [0.05, 0.1) is 13.0 Å². The number of carbonyl (C=O) groups excluding carboxylic acids is 1. The molecule has 0 heterocycles. The SMILES string of the molecule is COC(=O)C(C)c1ccc(C)cc1C. The van der Waals surface area contributed by atoms with E-state index in [0.29, 0.717) is 0 Å². The Balaban J connectivity index is 3.01. The molecule has 0 saturated heterocycles. The lowest BCUT2D eigenvalue weighted by atomic mass is 9.95. The fourth-order valence-corrected chi connectivity index (χ4v) is 1.62. The molecule has 1 unspecified atom stereocenters. The van der Waals surface area contributed by atoms with E-state index in [9.17, 15) is 4.79 Å². The van der Waals surface area contributed by atoms with E-state index in [1.807, 2.05) is 32.9 Å². The van der Waals surface area contributed by atoms with Crippen LogP contribution in [-0.4, -0.2) is 13.1 Å². The molecule has 1 rings (SSSR count). The van der Waals surface area contributed by atoms with Gasteiger partial charge in [0, 0.05) is 0 Å². The number of methoxy groups -OCH3 is 1. The summed E-state index contributed by atoms with van der Waals surface area (Å²) in [6.45, 7) is 5.92. The van der Waals surface area contributed by atoms with Gasteiger partial charge < -0.3 is 4.74 Å². The van der Waals surface area contributed by atoms with Crippen LogP contribution in [0.4, 0.5) is 0 Å². The van der Waals surface area contributed by atoms with Crippen molar-refractivity contribution >= 4 is 5.97 Å². The first-order valence-electron chi connectivity index (χ1n) is 4.71. The normalized spacial score (nSPS) is 12.3. The molecule has 1 aromatic carbocycles. The molecule has 0 spiro atoms. The van der Waals surface area contributed by atoms with Crippen molar-refractivity contribution in [3.63, 3.8) is 0 Å². The molecular formula is C12H16O2. The van der Waals surface area contributed by atoms with Crippen LogP contribution in [0.2, 0.25) is 0 Å². The smallest absolute Gasteiger partial charge is 0.312 e. The van der Waals surface area contributed by atoms with Crippen LogP contribution in [0.15, 0.2) is 18.2 Å². The summed E-state index contributed by atoms with van der Waals surface area (Å²) in [5, 5.41) is 0. The van der Waals surface area contributed by atoms with Gasteiger partial charge in [-0.15, -0.1) is 0 Å². The average molecular weight is 192 g/mol. The fourth-order valence-electron chi connectivity index (χ4n) is 1.62. The standard InChI is InChI=1S/C12H16O2/c1-8-5-6-11(9(2)7-8)10(3)12(13)14-4/h5-7,10H,1-4H3. The van der Waals surface area contributed by atoms with Gasteiger partial charge >= 0.3 is 5.97 Å². The van der Waals surface area contributed by atoms with Gasteiger partial charge in [0.25, 0.3) is 0 Å². The molecule has 2 nitrogen and oxygen atoms in total. The summed E-state index contributed by atoms with van der Waals surface area (Å²) in [4.78, 5) is 11.3. The van der Waals surface area contributed by atoms with Gasteiger partial charge in [-0.05, 0) is 31.9 Å². The van der Waals surface area contributed by atoms with Crippen molar-refractivity contribution in [3.8, 4) is 0 Å². The van der Waals surface area contributed by atoms with Crippen LogP contribution < -0.4 is 0 Å². The largest absolute Gasteiger partial charge is 0.469 e. The molecule has 0 fully saturated rings. The third-order valence-corrected chi connectivity index (χ3v) is 2.45. The van der Waals surface area contributed by atoms with Gasteiger partial charge in [-0.25, -0.2) is 0 Å². The number of rotatable bonds is 2. The number of aryl methyl sites for hydroxylation is 2. The highest BCUT2D eigenvalue weighted by Crippen LogP contribution is 2.21. The molecule has 0 radical (unpaired) electrons. The monoisotopic (exact) mass is 192 g/mol. The second-order valence-corrected chi connectivity index (χ2v) is 3.60. The lowest BCUT2D eigenvalue weighted by Crippen LogP contribution is -2.11. The molecule has 0 amide bonds. The maximum Gasteiger partial charge on any atom is 0.312 e.